The summed E-state index contributed by atoms with van der Waals surface area (Å²) in [5.41, 5.74) is 11.3. The Kier molecular flexibility index (Phi) is 26.6. The summed E-state index contributed by atoms with van der Waals surface area (Å²) in [5, 5.41) is 0. The van der Waals surface area contributed by atoms with Gasteiger partial charge in [-0.1, -0.05) is 265 Å². The Balaban J connectivity index is 0.996. The van der Waals surface area contributed by atoms with Crippen LogP contribution < -0.4 is 18.9 Å². The molecule has 434 valence electrons. The fraction of sp³-hybridized carbons (Fsp3) is 0.421. The Morgan fingerprint density at radius 2 is 0.463 bits per heavy atom. The van der Waals surface area contributed by atoms with Crippen molar-refractivity contribution in [3.05, 3.63) is 158 Å². The van der Waals surface area contributed by atoms with E-state index in [2.05, 4.69) is 185 Å². The van der Waals surface area contributed by atoms with Crippen LogP contribution in [0.3, 0.4) is 0 Å². The first kappa shape index (κ1) is 62.0. The molecule has 0 radical (unpaired) electrons. The van der Waals surface area contributed by atoms with E-state index in [1.807, 2.05) is 22.7 Å². The lowest BCUT2D eigenvalue weighted by Crippen LogP contribution is -2.03. The van der Waals surface area contributed by atoms with Crippen LogP contribution in [0, 0.1) is 0 Å². The summed E-state index contributed by atoms with van der Waals surface area (Å²) in [7, 11) is 0. The largest absolute Gasteiger partial charge is 0.493 e. The molecular weight excluding hydrogens is 1040 g/mol. The summed E-state index contributed by atoms with van der Waals surface area (Å²) in [6.07, 6.45) is 29.5. The third kappa shape index (κ3) is 19.0. The summed E-state index contributed by atoms with van der Waals surface area (Å²) in [5.74, 6) is 3.68. The van der Waals surface area contributed by atoms with Crippen LogP contribution in [0.15, 0.2) is 158 Å². The van der Waals surface area contributed by atoms with Crippen molar-refractivity contribution >= 4 is 22.7 Å². The zero-order valence-corrected chi connectivity index (χ0v) is 51.9. The van der Waals surface area contributed by atoms with Gasteiger partial charge in [0.1, 0.15) is 23.0 Å². The van der Waals surface area contributed by atoms with E-state index in [4.69, 9.17) is 18.9 Å². The number of ether oxygens (including phenoxy) is 4. The molecule has 0 unspecified atom stereocenters. The SMILES string of the molecule is CCCCCCCCOc1cc(-c2ccc(-c3ccc(-c4ccc(-c5ccc(-c6cc(OCCCCCCCC)c(-c7ccccc7)cc6OCCCCCCCC)cc5)s4)s3)cc2)c(OCCCCCCCC)cc1-c1ccccc1. The van der Waals surface area contributed by atoms with Gasteiger partial charge < -0.3 is 18.9 Å². The zero-order chi connectivity index (χ0) is 56.8. The number of hydrogen-bond acceptors (Lipinski definition) is 6. The van der Waals surface area contributed by atoms with Crippen LogP contribution in [0.4, 0.5) is 0 Å². The minimum absolute atomic E-state index is 0.701. The topological polar surface area (TPSA) is 36.9 Å². The first-order chi connectivity index (χ1) is 40.6. The molecule has 6 aromatic carbocycles. The van der Waals surface area contributed by atoms with E-state index in [9.17, 15) is 0 Å². The van der Waals surface area contributed by atoms with Crippen molar-refractivity contribution in [2.24, 2.45) is 0 Å². The maximum atomic E-state index is 6.74. The fourth-order valence-corrected chi connectivity index (χ4v) is 13.0. The third-order valence-corrected chi connectivity index (χ3v) is 18.2. The molecule has 82 heavy (non-hydrogen) atoms. The van der Waals surface area contributed by atoms with Gasteiger partial charge in [0.2, 0.25) is 0 Å². The maximum Gasteiger partial charge on any atom is 0.128 e. The van der Waals surface area contributed by atoms with Gasteiger partial charge in [0.05, 0.1) is 26.4 Å². The second-order valence-electron chi connectivity index (χ2n) is 22.4. The number of rotatable bonds is 39. The van der Waals surface area contributed by atoms with Crippen LogP contribution in [0.1, 0.15) is 182 Å². The molecule has 0 saturated carbocycles. The molecule has 0 bridgehead atoms. The molecule has 6 heteroatoms. The molecule has 8 aromatic rings. The molecule has 0 aliphatic rings. The molecule has 8 rings (SSSR count). The fourth-order valence-electron chi connectivity index (χ4n) is 10.9. The Morgan fingerprint density at radius 3 is 0.744 bits per heavy atom. The Morgan fingerprint density at radius 1 is 0.232 bits per heavy atom. The molecule has 4 nitrogen and oxygen atoms in total. The van der Waals surface area contributed by atoms with Crippen molar-refractivity contribution in [2.75, 3.05) is 26.4 Å². The van der Waals surface area contributed by atoms with Gasteiger partial charge >= 0.3 is 0 Å². The lowest BCUT2D eigenvalue weighted by molar-refractivity contribution is 0.298. The van der Waals surface area contributed by atoms with Gasteiger partial charge in [0.15, 0.2) is 0 Å². The second kappa shape index (κ2) is 35.1. The number of benzene rings is 6. The summed E-state index contributed by atoms with van der Waals surface area (Å²) in [6.45, 7) is 11.9. The first-order valence-corrected chi connectivity index (χ1v) is 33.6. The minimum atomic E-state index is 0.701. The quantitative estimate of drug-likeness (QED) is 0.0360. The number of thiophene rings is 2. The molecule has 0 atom stereocenters. The summed E-state index contributed by atoms with van der Waals surface area (Å²) in [4.78, 5) is 5.07. The van der Waals surface area contributed by atoms with Gasteiger partial charge in [0.25, 0.3) is 0 Å². The third-order valence-electron chi connectivity index (χ3n) is 15.8. The van der Waals surface area contributed by atoms with Gasteiger partial charge in [-0.3, -0.25) is 0 Å². The monoisotopic (exact) mass is 1130 g/mol. The molecule has 2 heterocycles. The molecule has 0 N–H and O–H groups in total. The zero-order valence-electron chi connectivity index (χ0n) is 50.3. The smallest absolute Gasteiger partial charge is 0.128 e. The molecule has 0 aliphatic heterocycles. The summed E-state index contributed by atoms with van der Waals surface area (Å²) >= 11 is 3.72. The highest BCUT2D eigenvalue weighted by atomic mass is 32.1. The molecular formula is C76H94O4S2. The molecule has 2 aromatic heterocycles. The van der Waals surface area contributed by atoms with Gasteiger partial charge in [-0.15, -0.1) is 22.7 Å². The van der Waals surface area contributed by atoms with E-state index in [0.29, 0.717) is 26.4 Å². The van der Waals surface area contributed by atoms with Gasteiger partial charge in [0, 0.05) is 41.8 Å². The highest BCUT2D eigenvalue weighted by Crippen LogP contribution is 2.46. The summed E-state index contributed by atoms with van der Waals surface area (Å²) < 4.78 is 26.9. The van der Waals surface area contributed by atoms with E-state index >= 15 is 0 Å². The predicted octanol–water partition coefficient (Wildman–Crippen LogP) is 24.4. The molecule has 0 amide bonds. The summed E-state index contributed by atoms with van der Waals surface area (Å²) in [6, 6.07) is 57.6. The van der Waals surface area contributed by atoms with Crippen molar-refractivity contribution in [1.29, 1.82) is 0 Å². The molecule has 0 spiro atoms. The van der Waals surface area contributed by atoms with Crippen LogP contribution in [0.25, 0.3) is 75.1 Å². The number of hydrogen-bond donors (Lipinski definition) is 0. The van der Waals surface area contributed by atoms with Crippen molar-refractivity contribution in [2.45, 2.75) is 182 Å². The highest BCUT2D eigenvalue weighted by Gasteiger charge is 2.19. The average Bonchev–Trinajstić information content (AvgIpc) is 4.36. The molecule has 0 aliphatic carbocycles. The lowest BCUT2D eigenvalue weighted by atomic mass is 9.97. The normalized spacial score (nSPS) is 11.3. The maximum absolute atomic E-state index is 6.74. The Hall–Kier alpha value is -6.08. The number of unbranched alkanes of at least 4 members (excludes halogenated alkanes) is 20. The lowest BCUT2D eigenvalue weighted by Gasteiger charge is -2.19. The van der Waals surface area contributed by atoms with Crippen molar-refractivity contribution in [3.8, 4) is 98.1 Å². The van der Waals surface area contributed by atoms with Crippen LogP contribution in [0.5, 0.6) is 23.0 Å². The van der Waals surface area contributed by atoms with Crippen molar-refractivity contribution in [3.63, 3.8) is 0 Å². The van der Waals surface area contributed by atoms with E-state index in [0.717, 1.165) is 93.2 Å². The minimum Gasteiger partial charge on any atom is -0.493 e. The van der Waals surface area contributed by atoms with Crippen LogP contribution in [0.2, 0.25) is 0 Å². The second-order valence-corrected chi connectivity index (χ2v) is 24.5. The van der Waals surface area contributed by atoms with E-state index in [1.54, 1.807) is 0 Å². The Labute approximate surface area is 502 Å². The average molecular weight is 1140 g/mol. The predicted molar refractivity (Wildman–Crippen MR) is 356 cm³/mol. The Bertz CT molecular complexity index is 2820. The van der Waals surface area contributed by atoms with E-state index in [1.165, 1.54) is 159 Å². The van der Waals surface area contributed by atoms with Crippen LogP contribution in [-0.4, -0.2) is 26.4 Å². The highest BCUT2D eigenvalue weighted by molar-refractivity contribution is 7.25. The van der Waals surface area contributed by atoms with Gasteiger partial charge in [-0.2, -0.15) is 0 Å². The van der Waals surface area contributed by atoms with Gasteiger partial charge in [-0.25, -0.2) is 0 Å². The van der Waals surface area contributed by atoms with Crippen LogP contribution in [-0.2, 0) is 0 Å². The van der Waals surface area contributed by atoms with Crippen molar-refractivity contribution < 1.29 is 18.9 Å². The first-order valence-electron chi connectivity index (χ1n) is 32.0. The van der Waals surface area contributed by atoms with Crippen LogP contribution >= 0.6 is 22.7 Å². The van der Waals surface area contributed by atoms with E-state index in [-0.39, 0.29) is 0 Å². The van der Waals surface area contributed by atoms with E-state index < -0.39 is 0 Å². The standard InChI is InChI=1S/C76H94O4S2/c1-5-9-13-17-21-31-51-77-69-57-67(71(79-53-33-23-19-15-11-7-3)55-65(69)59-35-27-25-28-36-59)61-39-43-63(44-40-61)73-47-49-75(81-73)76-50-48-74(82-76)64-45-41-62(42-46-64)68-58-70(78-52-32-22-18-14-10-6-2)66(60-37-29-26-30-38-60)56-72(68)80-54-34-24-20-16-12-8-4/h25-30,35-50,55-58H,5-24,31-34,51-54H2,1-4H3. The molecule has 0 saturated heterocycles. The van der Waals surface area contributed by atoms with Crippen molar-refractivity contribution in [1.82, 2.24) is 0 Å². The molecule has 0 fully saturated rings. The van der Waals surface area contributed by atoms with Gasteiger partial charge in [-0.05, 0) is 108 Å².